The maximum absolute atomic E-state index is 12.4. The van der Waals surface area contributed by atoms with Crippen LogP contribution in [0.4, 0.5) is 0 Å². The third kappa shape index (κ3) is 3.23. The summed E-state index contributed by atoms with van der Waals surface area (Å²) in [6, 6.07) is 2.51. The molecule has 2 aromatic rings. The average molecular weight is 319 g/mol. The molecule has 0 saturated carbocycles. The first-order valence-electron chi connectivity index (χ1n) is 7.61. The number of carbonyl (C=O) groups is 1. The SMILES string of the molecule is CNC1CCN(C(=O)Cc2nc(-c3ccsc3)oc2C)CC1. The number of carbonyl (C=O) groups excluding carboxylic acids is 1. The van der Waals surface area contributed by atoms with E-state index in [-0.39, 0.29) is 5.91 Å². The monoisotopic (exact) mass is 319 g/mol. The summed E-state index contributed by atoms with van der Waals surface area (Å²) in [7, 11) is 1.98. The Kier molecular flexibility index (Phi) is 4.59. The molecule has 1 saturated heterocycles. The van der Waals surface area contributed by atoms with Gasteiger partial charge in [-0.25, -0.2) is 4.98 Å². The average Bonchev–Trinajstić information content (AvgIpc) is 3.18. The number of hydrogen-bond acceptors (Lipinski definition) is 5. The summed E-state index contributed by atoms with van der Waals surface area (Å²) in [6.07, 6.45) is 2.35. The summed E-state index contributed by atoms with van der Waals surface area (Å²) < 4.78 is 5.70. The summed E-state index contributed by atoms with van der Waals surface area (Å²) >= 11 is 1.61. The molecule has 1 N–H and O–H groups in total. The third-order valence-electron chi connectivity index (χ3n) is 4.24. The molecule has 0 radical (unpaired) electrons. The Labute approximate surface area is 134 Å². The molecule has 1 aliphatic heterocycles. The predicted molar refractivity (Wildman–Crippen MR) is 86.9 cm³/mol. The summed E-state index contributed by atoms with van der Waals surface area (Å²) in [5.74, 6) is 1.48. The molecule has 1 aliphatic rings. The summed E-state index contributed by atoms with van der Waals surface area (Å²) in [5.41, 5.74) is 1.73. The van der Waals surface area contributed by atoms with E-state index in [0.29, 0.717) is 18.4 Å². The van der Waals surface area contributed by atoms with Crippen molar-refractivity contribution in [3.05, 3.63) is 28.3 Å². The van der Waals surface area contributed by atoms with Crippen molar-refractivity contribution in [3.63, 3.8) is 0 Å². The molecule has 6 heteroatoms. The second-order valence-corrected chi connectivity index (χ2v) is 6.43. The van der Waals surface area contributed by atoms with E-state index in [1.807, 2.05) is 35.7 Å². The second kappa shape index (κ2) is 6.62. The lowest BCUT2D eigenvalue weighted by atomic mass is 10.0. The van der Waals surface area contributed by atoms with E-state index in [1.54, 1.807) is 11.3 Å². The number of nitrogens with zero attached hydrogens (tertiary/aromatic N) is 2. The van der Waals surface area contributed by atoms with Gasteiger partial charge < -0.3 is 14.6 Å². The van der Waals surface area contributed by atoms with Crippen LogP contribution < -0.4 is 5.32 Å². The fourth-order valence-electron chi connectivity index (χ4n) is 2.77. The highest BCUT2D eigenvalue weighted by atomic mass is 32.1. The smallest absolute Gasteiger partial charge is 0.228 e. The highest BCUT2D eigenvalue weighted by molar-refractivity contribution is 7.08. The van der Waals surface area contributed by atoms with Gasteiger partial charge in [0.1, 0.15) is 5.76 Å². The minimum Gasteiger partial charge on any atom is -0.441 e. The fraction of sp³-hybridized carbons (Fsp3) is 0.500. The molecule has 0 bridgehead atoms. The number of aromatic nitrogens is 1. The zero-order valence-corrected chi connectivity index (χ0v) is 13.8. The van der Waals surface area contributed by atoms with E-state index in [2.05, 4.69) is 10.3 Å². The Morgan fingerprint density at radius 2 is 2.27 bits per heavy atom. The molecule has 0 spiro atoms. The van der Waals surface area contributed by atoms with Gasteiger partial charge in [0.05, 0.1) is 12.1 Å². The second-order valence-electron chi connectivity index (χ2n) is 5.65. The number of piperidine rings is 1. The highest BCUT2D eigenvalue weighted by Gasteiger charge is 2.23. The van der Waals surface area contributed by atoms with Crippen LogP contribution in [-0.4, -0.2) is 42.0 Å². The van der Waals surface area contributed by atoms with E-state index in [9.17, 15) is 4.79 Å². The van der Waals surface area contributed by atoms with Gasteiger partial charge in [0, 0.05) is 30.1 Å². The Morgan fingerprint density at radius 1 is 1.50 bits per heavy atom. The topological polar surface area (TPSA) is 58.4 Å². The molecule has 2 aromatic heterocycles. The molecule has 0 aromatic carbocycles. The van der Waals surface area contributed by atoms with Crippen LogP contribution in [0.15, 0.2) is 21.2 Å². The largest absolute Gasteiger partial charge is 0.441 e. The molecule has 3 heterocycles. The van der Waals surface area contributed by atoms with Crippen LogP contribution in [0.5, 0.6) is 0 Å². The van der Waals surface area contributed by atoms with Gasteiger partial charge >= 0.3 is 0 Å². The van der Waals surface area contributed by atoms with Crippen molar-refractivity contribution >= 4 is 17.2 Å². The molecule has 3 rings (SSSR count). The van der Waals surface area contributed by atoms with Crippen molar-refractivity contribution in [1.82, 2.24) is 15.2 Å². The molecule has 0 unspecified atom stereocenters. The molecule has 1 amide bonds. The van der Waals surface area contributed by atoms with Crippen LogP contribution in [0.3, 0.4) is 0 Å². The maximum atomic E-state index is 12.4. The van der Waals surface area contributed by atoms with Crippen molar-refractivity contribution in [3.8, 4) is 11.5 Å². The number of likely N-dealkylation sites (tertiary alicyclic amines) is 1. The first kappa shape index (κ1) is 15.2. The van der Waals surface area contributed by atoms with Gasteiger partial charge in [-0.15, -0.1) is 0 Å². The van der Waals surface area contributed by atoms with Crippen molar-refractivity contribution in [2.45, 2.75) is 32.2 Å². The van der Waals surface area contributed by atoms with Crippen molar-refractivity contribution in [2.75, 3.05) is 20.1 Å². The zero-order chi connectivity index (χ0) is 15.5. The molecule has 0 aliphatic carbocycles. The number of rotatable bonds is 4. The number of nitrogens with one attached hydrogen (secondary N) is 1. The zero-order valence-electron chi connectivity index (χ0n) is 13.0. The number of aryl methyl sites for hydroxylation is 1. The van der Waals surface area contributed by atoms with Crippen LogP contribution in [0.1, 0.15) is 24.3 Å². The van der Waals surface area contributed by atoms with Crippen LogP contribution in [0, 0.1) is 6.92 Å². The van der Waals surface area contributed by atoms with Gasteiger partial charge in [-0.2, -0.15) is 11.3 Å². The van der Waals surface area contributed by atoms with E-state index >= 15 is 0 Å². The lowest BCUT2D eigenvalue weighted by Gasteiger charge is -2.31. The van der Waals surface area contributed by atoms with E-state index < -0.39 is 0 Å². The van der Waals surface area contributed by atoms with Gasteiger partial charge in [-0.1, -0.05) is 0 Å². The van der Waals surface area contributed by atoms with Gasteiger partial charge in [0.25, 0.3) is 0 Å². The number of hydrogen-bond donors (Lipinski definition) is 1. The molecule has 5 nitrogen and oxygen atoms in total. The van der Waals surface area contributed by atoms with Crippen molar-refractivity contribution < 1.29 is 9.21 Å². The Bertz CT molecular complexity index is 628. The van der Waals surface area contributed by atoms with Gasteiger partial charge in [-0.3, -0.25) is 4.79 Å². The normalized spacial score (nSPS) is 16.2. The minimum atomic E-state index is 0.142. The van der Waals surface area contributed by atoms with E-state index in [0.717, 1.165) is 42.9 Å². The number of thiophene rings is 1. The summed E-state index contributed by atoms with van der Waals surface area (Å²) in [4.78, 5) is 18.9. The quantitative estimate of drug-likeness (QED) is 0.940. The standard InChI is InChI=1S/C16H21N3O2S/c1-11-14(18-16(21-11)12-5-8-22-10-12)9-15(20)19-6-3-13(17-2)4-7-19/h5,8,10,13,17H,3-4,6-7,9H2,1-2H3. The molecule has 22 heavy (non-hydrogen) atoms. The predicted octanol–water partition coefficient (Wildman–Crippen LogP) is 2.46. The third-order valence-corrected chi connectivity index (χ3v) is 4.92. The molecule has 1 fully saturated rings. The lowest BCUT2D eigenvalue weighted by molar-refractivity contribution is -0.131. The maximum Gasteiger partial charge on any atom is 0.228 e. The van der Waals surface area contributed by atoms with Crippen LogP contribution in [0.25, 0.3) is 11.5 Å². The van der Waals surface area contributed by atoms with Gasteiger partial charge in [-0.05, 0) is 38.3 Å². The Balaban J connectivity index is 1.65. The van der Waals surface area contributed by atoms with E-state index in [1.165, 1.54) is 0 Å². The van der Waals surface area contributed by atoms with Gasteiger partial charge in [0.15, 0.2) is 0 Å². The molecule has 0 atom stereocenters. The number of amides is 1. The Morgan fingerprint density at radius 3 is 2.91 bits per heavy atom. The van der Waals surface area contributed by atoms with Crippen LogP contribution in [-0.2, 0) is 11.2 Å². The van der Waals surface area contributed by atoms with Crippen molar-refractivity contribution in [2.24, 2.45) is 0 Å². The fourth-order valence-corrected chi connectivity index (χ4v) is 3.40. The first-order valence-corrected chi connectivity index (χ1v) is 8.55. The van der Waals surface area contributed by atoms with Crippen LogP contribution >= 0.6 is 11.3 Å². The van der Waals surface area contributed by atoms with Crippen molar-refractivity contribution in [1.29, 1.82) is 0 Å². The summed E-state index contributed by atoms with van der Waals surface area (Å²) in [5, 5.41) is 7.27. The molecular formula is C16H21N3O2S. The number of oxazole rings is 1. The molecule has 118 valence electrons. The molecular weight excluding hydrogens is 298 g/mol. The first-order chi connectivity index (χ1) is 10.7. The highest BCUT2D eigenvalue weighted by Crippen LogP contribution is 2.24. The van der Waals surface area contributed by atoms with E-state index in [4.69, 9.17) is 4.42 Å². The van der Waals surface area contributed by atoms with Gasteiger partial charge in [0.2, 0.25) is 11.8 Å². The minimum absolute atomic E-state index is 0.142. The summed E-state index contributed by atoms with van der Waals surface area (Å²) in [6.45, 7) is 3.51. The lowest BCUT2D eigenvalue weighted by Crippen LogP contribution is -2.44. The Hall–Kier alpha value is -1.66. The van der Waals surface area contributed by atoms with Crippen LogP contribution in [0.2, 0.25) is 0 Å².